The van der Waals surface area contributed by atoms with Gasteiger partial charge in [0.05, 0.1) is 12.3 Å². The molecule has 0 radical (unpaired) electrons. The molecule has 2 aromatic heterocycles. The van der Waals surface area contributed by atoms with Gasteiger partial charge in [0.25, 0.3) is 0 Å². The number of fused-ring (bicyclic) bond motifs is 1. The van der Waals surface area contributed by atoms with E-state index in [0.717, 1.165) is 24.2 Å². The monoisotopic (exact) mass is 406 g/mol. The molecule has 0 N–H and O–H groups in total. The number of carbonyl (C=O) groups is 2. The molecule has 154 valence electrons. The molecule has 1 aromatic carbocycles. The topological polar surface area (TPSA) is 90.5 Å². The van der Waals surface area contributed by atoms with Crippen LogP contribution in [-0.2, 0) is 0 Å². The first-order valence-corrected chi connectivity index (χ1v) is 10.1. The van der Waals surface area contributed by atoms with Crippen LogP contribution in [0.3, 0.4) is 0 Å². The molecule has 1 saturated heterocycles. The van der Waals surface area contributed by atoms with Crippen LogP contribution in [0.2, 0.25) is 0 Å². The Labute approximate surface area is 173 Å². The molecule has 2 fully saturated rings. The van der Waals surface area contributed by atoms with E-state index in [1.807, 2.05) is 29.2 Å². The van der Waals surface area contributed by atoms with Crippen molar-refractivity contribution in [3.8, 4) is 17.2 Å². The molecule has 2 aliphatic rings. The van der Waals surface area contributed by atoms with Gasteiger partial charge in [-0.25, -0.2) is 9.78 Å². The fourth-order valence-corrected chi connectivity index (χ4v) is 4.52. The number of oxazole rings is 1. The normalized spacial score (nSPS) is 22.8. The molecule has 0 bridgehead atoms. The second-order valence-corrected chi connectivity index (χ2v) is 7.99. The van der Waals surface area contributed by atoms with E-state index in [4.69, 9.17) is 9.15 Å². The van der Waals surface area contributed by atoms with Crippen molar-refractivity contribution in [2.24, 2.45) is 11.8 Å². The number of amides is 1. The standard InChI is InChI=1S/C22H22N4O4/c1-14(27)20-5-7-26(24-20)22(28)25-12-16-10-19(11-17(16)13-25)30-18-4-2-3-15(9-18)21-23-6-8-29-21/h2-9,16-17,19H,10-13H2,1H3/t16-,17+,19+. The maximum Gasteiger partial charge on any atom is 0.344 e. The zero-order chi connectivity index (χ0) is 20.7. The molecule has 0 unspecified atom stereocenters. The van der Waals surface area contributed by atoms with Crippen LogP contribution in [0.15, 0.2) is 53.4 Å². The molecule has 3 atom stereocenters. The molecule has 8 nitrogen and oxygen atoms in total. The summed E-state index contributed by atoms with van der Waals surface area (Å²) in [6, 6.07) is 9.17. The number of aromatic nitrogens is 3. The number of carbonyl (C=O) groups excluding carboxylic acids is 2. The first-order valence-electron chi connectivity index (χ1n) is 10.1. The van der Waals surface area contributed by atoms with Crippen molar-refractivity contribution in [2.45, 2.75) is 25.9 Å². The van der Waals surface area contributed by atoms with Gasteiger partial charge in [0, 0.05) is 31.8 Å². The minimum absolute atomic E-state index is 0.131. The van der Waals surface area contributed by atoms with Crippen LogP contribution in [0.4, 0.5) is 4.79 Å². The number of benzene rings is 1. The highest BCUT2D eigenvalue weighted by atomic mass is 16.5. The second-order valence-electron chi connectivity index (χ2n) is 7.99. The summed E-state index contributed by atoms with van der Waals surface area (Å²) in [5, 5.41) is 4.09. The molecule has 30 heavy (non-hydrogen) atoms. The van der Waals surface area contributed by atoms with Crippen LogP contribution in [0.25, 0.3) is 11.5 Å². The SMILES string of the molecule is CC(=O)c1ccn(C(=O)N2C[C@H]3C[C@H](Oc4cccc(-c5ncco5)c4)C[C@H]3C2)n1. The number of nitrogens with zero attached hydrogens (tertiary/aromatic N) is 4. The predicted octanol–water partition coefficient (Wildman–Crippen LogP) is 3.50. The van der Waals surface area contributed by atoms with Crippen molar-refractivity contribution < 1.29 is 18.7 Å². The molecule has 1 amide bonds. The summed E-state index contributed by atoms with van der Waals surface area (Å²) in [6.07, 6.45) is 6.69. The van der Waals surface area contributed by atoms with E-state index < -0.39 is 0 Å². The second kappa shape index (κ2) is 7.44. The molecule has 1 aliphatic carbocycles. The maximum absolute atomic E-state index is 12.7. The van der Waals surface area contributed by atoms with Crippen LogP contribution in [0.5, 0.6) is 5.75 Å². The summed E-state index contributed by atoms with van der Waals surface area (Å²) in [6.45, 7) is 2.82. The smallest absolute Gasteiger partial charge is 0.344 e. The Morgan fingerprint density at radius 1 is 1.17 bits per heavy atom. The lowest BCUT2D eigenvalue weighted by atomic mass is 10.0. The van der Waals surface area contributed by atoms with Gasteiger partial charge in [-0.15, -0.1) is 0 Å². The van der Waals surface area contributed by atoms with E-state index in [1.165, 1.54) is 11.6 Å². The molecule has 1 aliphatic heterocycles. The first-order chi connectivity index (χ1) is 14.6. The number of rotatable bonds is 4. The summed E-state index contributed by atoms with van der Waals surface area (Å²) < 4.78 is 12.9. The highest BCUT2D eigenvalue weighted by molar-refractivity contribution is 5.92. The zero-order valence-electron chi connectivity index (χ0n) is 16.6. The van der Waals surface area contributed by atoms with Gasteiger partial charge in [0.15, 0.2) is 5.78 Å². The van der Waals surface area contributed by atoms with Gasteiger partial charge in [-0.1, -0.05) is 6.07 Å². The van der Waals surface area contributed by atoms with E-state index in [9.17, 15) is 9.59 Å². The lowest BCUT2D eigenvalue weighted by Gasteiger charge is -2.20. The molecular formula is C22H22N4O4. The van der Waals surface area contributed by atoms with Gasteiger partial charge >= 0.3 is 6.03 Å². The fraction of sp³-hybridized carbons (Fsp3) is 0.364. The first kappa shape index (κ1) is 18.6. The number of likely N-dealkylation sites (tertiary alicyclic amines) is 1. The van der Waals surface area contributed by atoms with Gasteiger partial charge in [-0.2, -0.15) is 9.78 Å². The summed E-state index contributed by atoms with van der Waals surface area (Å²) in [4.78, 5) is 30.1. The Bertz CT molecular complexity index is 1060. The Balaban J connectivity index is 1.20. The number of Topliss-reactive ketones (excluding diaryl/α,β-unsaturated/α-hetero) is 1. The summed E-state index contributed by atoms with van der Waals surface area (Å²) in [5.41, 5.74) is 1.19. The van der Waals surface area contributed by atoms with Gasteiger partial charge in [0.2, 0.25) is 5.89 Å². The Kier molecular flexibility index (Phi) is 4.61. The summed E-state index contributed by atoms with van der Waals surface area (Å²) in [5.74, 6) is 2.06. The lowest BCUT2D eigenvalue weighted by molar-refractivity contribution is 0.101. The highest BCUT2D eigenvalue weighted by Crippen LogP contribution is 2.40. The number of hydrogen-bond acceptors (Lipinski definition) is 6. The quantitative estimate of drug-likeness (QED) is 0.616. The van der Waals surface area contributed by atoms with Crippen LogP contribution in [0, 0.1) is 11.8 Å². The molecule has 1 saturated carbocycles. The van der Waals surface area contributed by atoms with Crippen molar-refractivity contribution in [3.63, 3.8) is 0 Å². The van der Waals surface area contributed by atoms with Crippen molar-refractivity contribution in [1.29, 1.82) is 0 Å². The van der Waals surface area contributed by atoms with Crippen molar-refractivity contribution in [3.05, 3.63) is 54.7 Å². The highest BCUT2D eigenvalue weighted by Gasteiger charge is 2.43. The van der Waals surface area contributed by atoms with Crippen molar-refractivity contribution in [1.82, 2.24) is 19.7 Å². The third kappa shape index (κ3) is 3.49. The van der Waals surface area contributed by atoms with E-state index in [1.54, 1.807) is 24.7 Å². The minimum atomic E-state index is -0.173. The molecule has 5 rings (SSSR count). The van der Waals surface area contributed by atoms with E-state index in [2.05, 4.69) is 10.1 Å². The molecule has 0 spiro atoms. The van der Waals surface area contributed by atoms with Gasteiger partial charge in [-0.3, -0.25) is 4.79 Å². The molecule has 3 aromatic rings. The molecule has 3 heterocycles. The Hall–Kier alpha value is -3.42. The summed E-state index contributed by atoms with van der Waals surface area (Å²) >= 11 is 0. The van der Waals surface area contributed by atoms with E-state index in [-0.39, 0.29) is 17.9 Å². The average molecular weight is 406 g/mol. The average Bonchev–Trinajstić information content (AvgIpc) is 3.50. The fourth-order valence-electron chi connectivity index (χ4n) is 4.52. The number of hydrogen-bond donors (Lipinski definition) is 0. The largest absolute Gasteiger partial charge is 0.490 e. The van der Waals surface area contributed by atoms with Gasteiger partial charge < -0.3 is 14.1 Å². The van der Waals surface area contributed by atoms with Crippen LogP contribution < -0.4 is 4.74 Å². The molecular weight excluding hydrogens is 384 g/mol. The third-order valence-corrected chi connectivity index (χ3v) is 5.94. The van der Waals surface area contributed by atoms with Crippen LogP contribution >= 0.6 is 0 Å². The Morgan fingerprint density at radius 3 is 2.63 bits per heavy atom. The number of ether oxygens (including phenoxy) is 1. The lowest BCUT2D eigenvalue weighted by Crippen LogP contribution is -2.34. The van der Waals surface area contributed by atoms with Crippen molar-refractivity contribution in [2.75, 3.05) is 13.1 Å². The third-order valence-electron chi connectivity index (χ3n) is 5.94. The molecule has 8 heteroatoms. The Morgan fingerprint density at radius 2 is 1.97 bits per heavy atom. The summed E-state index contributed by atoms with van der Waals surface area (Å²) in [7, 11) is 0. The van der Waals surface area contributed by atoms with E-state index in [0.29, 0.717) is 36.5 Å². The maximum atomic E-state index is 12.7. The van der Waals surface area contributed by atoms with E-state index >= 15 is 0 Å². The predicted molar refractivity (Wildman–Crippen MR) is 107 cm³/mol. The minimum Gasteiger partial charge on any atom is -0.490 e. The number of ketones is 1. The van der Waals surface area contributed by atoms with Crippen LogP contribution in [0.1, 0.15) is 30.3 Å². The van der Waals surface area contributed by atoms with Gasteiger partial charge in [0.1, 0.15) is 17.7 Å². The van der Waals surface area contributed by atoms with Crippen molar-refractivity contribution >= 4 is 11.8 Å². The van der Waals surface area contributed by atoms with Crippen LogP contribution in [-0.4, -0.2) is 50.7 Å². The zero-order valence-corrected chi connectivity index (χ0v) is 16.6. The van der Waals surface area contributed by atoms with Gasteiger partial charge in [-0.05, 0) is 48.9 Å².